The number of rotatable bonds is 1. The van der Waals surface area contributed by atoms with Gasteiger partial charge in [0.25, 0.3) is 0 Å². The van der Waals surface area contributed by atoms with Crippen LogP contribution in [0.15, 0.2) is 12.3 Å². The molecule has 1 aliphatic heterocycles. The van der Waals surface area contributed by atoms with Crippen LogP contribution < -0.4 is 0 Å². The van der Waals surface area contributed by atoms with Gasteiger partial charge in [-0.1, -0.05) is 0 Å². The van der Waals surface area contributed by atoms with Gasteiger partial charge in [-0.05, 0) is 26.8 Å². The molecule has 0 aliphatic carbocycles. The van der Waals surface area contributed by atoms with Crippen molar-refractivity contribution in [3.8, 4) is 0 Å². The Labute approximate surface area is 110 Å². The van der Waals surface area contributed by atoms with E-state index in [4.69, 9.17) is 4.74 Å². The summed E-state index contributed by atoms with van der Waals surface area (Å²) in [5, 5.41) is 13.3. The van der Waals surface area contributed by atoms with Crippen LogP contribution in [0, 0.1) is 0 Å². The molecule has 1 aromatic rings. The number of carbonyl (C=O) groups excluding carboxylic acids is 1. The van der Waals surface area contributed by atoms with Crippen molar-refractivity contribution >= 4 is 12.1 Å². The van der Waals surface area contributed by atoms with Crippen molar-refractivity contribution in [2.75, 3.05) is 0 Å². The number of hydrogen-bond acceptors (Lipinski definition) is 4. The van der Waals surface area contributed by atoms with Crippen LogP contribution in [0.1, 0.15) is 26.5 Å². The molecule has 0 spiro atoms. The number of ether oxygens (including phenoxy) is 1. The zero-order valence-corrected chi connectivity index (χ0v) is 11.2. The Bertz CT molecular complexity index is 503. The summed E-state index contributed by atoms with van der Waals surface area (Å²) in [5.41, 5.74) is 0.140. The van der Waals surface area contributed by atoms with Gasteiger partial charge in [-0.15, -0.1) is 0 Å². The minimum Gasteiger partial charge on any atom is -0.480 e. The van der Waals surface area contributed by atoms with Gasteiger partial charge in [-0.25, -0.2) is 9.59 Å². The first-order valence-corrected chi connectivity index (χ1v) is 6.01. The maximum atomic E-state index is 12.1. The lowest BCUT2D eigenvalue weighted by atomic mass is 10.2. The van der Waals surface area contributed by atoms with E-state index in [-0.39, 0.29) is 13.1 Å². The van der Waals surface area contributed by atoms with Gasteiger partial charge in [-0.2, -0.15) is 5.10 Å². The number of carboxylic acids is 1. The topological polar surface area (TPSA) is 84.7 Å². The number of nitrogens with zero attached hydrogens (tertiary/aromatic N) is 3. The molecule has 1 aliphatic rings. The lowest BCUT2D eigenvalue weighted by Gasteiger charge is -2.34. The van der Waals surface area contributed by atoms with Crippen molar-refractivity contribution < 1.29 is 19.4 Å². The molecule has 1 N–H and O–H groups in total. The number of aliphatic carboxylic acids is 1. The van der Waals surface area contributed by atoms with Crippen LogP contribution in [0.5, 0.6) is 0 Å². The van der Waals surface area contributed by atoms with Gasteiger partial charge in [0.15, 0.2) is 6.04 Å². The minimum absolute atomic E-state index is 0.136. The van der Waals surface area contributed by atoms with Crippen molar-refractivity contribution in [3.05, 3.63) is 18.0 Å². The van der Waals surface area contributed by atoms with Gasteiger partial charge < -0.3 is 9.84 Å². The van der Waals surface area contributed by atoms with Gasteiger partial charge in [0, 0.05) is 6.20 Å². The maximum absolute atomic E-state index is 12.1. The third-order valence-corrected chi connectivity index (χ3v) is 2.77. The zero-order chi connectivity index (χ0) is 14.2. The van der Waals surface area contributed by atoms with E-state index >= 15 is 0 Å². The van der Waals surface area contributed by atoms with E-state index in [0.717, 1.165) is 5.69 Å². The van der Waals surface area contributed by atoms with E-state index in [1.807, 2.05) is 0 Å². The molecule has 0 saturated heterocycles. The van der Waals surface area contributed by atoms with Crippen molar-refractivity contribution in [2.45, 2.75) is 45.5 Å². The fraction of sp³-hybridized carbons (Fsp3) is 0.583. The molecule has 7 nitrogen and oxygen atoms in total. The van der Waals surface area contributed by atoms with Crippen LogP contribution in [0.25, 0.3) is 0 Å². The molecule has 1 amide bonds. The number of fused-ring (bicyclic) bond motifs is 1. The fourth-order valence-electron chi connectivity index (χ4n) is 1.93. The Morgan fingerprint density at radius 1 is 1.47 bits per heavy atom. The van der Waals surface area contributed by atoms with E-state index in [0.29, 0.717) is 0 Å². The first-order valence-electron chi connectivity index (χ1n) is 6.01. The van der Waals surface area contributed by atoms with Crippen LogP contribution in [0.2, 0.25) is 0 Å². The van der Waals surface area contributed by atoms with E-state index < -0.39 is 23.7 Å². The molecule has 0 saturated carbocycles. The standard InChI is InChI=1S/C12H17N3O4/c1-12(2,3)19-11(18)14-6-8-4-5-13-15(8)7-9(14)10(16)17/h4-5,9H,6-7H2,1-3H3,(H,16,17). The highest BCUT2D eigenvalue weighted by Crippen LogP contribution is 2.20. The third-order valence-electron chi connectivity index (χ3n) is 2.77. The van der Waals surface area contributed by atoms with Crippen molar-refractivity contribution in [3.63, 3.8) is 0 Å². The molecule has 104 valence electrons. The van der Waals surface area contributed by atoms with Crippen LogP contribution in [-0.2, 0) is 22.6 Å². The second-order valence-electron chi connectivity index (χ2n) is 5.47. The van der Waals surface area contributed by atoms with Crippen molar-refractivity contribution in [2.24, 2.45) is 0 Å². The van der Waals surface area contributed by atoms with E-state index in [1.165, 1.54) is 4.90 Å². The predicted octanol–water partition coefficient (Wildman–Crippen LogP) is 1.09. The lowest BCUT2D eigenvalue weighted by Crippen LogP contribution is -2.51. The molecule has 2 rings (SSSR count). The molecule has 1 aromatic heterocycles. The van der Waals surface area contributed by atoms with Gasteiger partial charge in [0.2, 0.25) is 0 Å². The summed E-state index contributed by atoms with van der Waals surface area (Å²) in [4.78, 5) is 24.6. The average Bonchev–Trinajstić information content (AvgIpc) is 2.71. The second-order valence-corrected chi connectivity index (χ2v) is 5.47. The first kappa shape index (κ1) is 13.4. The van der Waals surface area contributed by atoms with E-state index in [2.05, 4.69) is 5.10 Å². The van der Waals surface area contributed by atoms with Crippen LogP contribution in [-0.4, -0.2) is 43.5 Å². The van der Waals surface area contributed by atoms with Gasteiger partial charge in [0.1, 0.15) is 5.60 Å². The molecule has 2 heterocycles. The van der Waals surface area contributed by atoms with Gasteiger partial charge in [0.05, 0.1) is 18.8 Å². The van der Waals surface area contributed by atoms with Crippen LogP contribution in [0.4, 0.5) is 4.79 Å². The Hall–Kier alpha value is -2.05. The predicted molar refractivity (Wildman–Crippen MR) is 65.4 cm³/mol. The molecule has 1 unspecified atom stereocenters. The number of carboxylic acid groups (broad SMARTS) is 1. The normalized spacial score (nSPS) is 18.9. The smallest absolute Gasteiger partial charge is 0.411 e. The third kappa shape index (κ3) is 2.86. The molecule has 0 bridgehead atoms. The molecule has 1 atom stereocenters. The molecule has 0 fully saturated rings. The molecule has 7 heteroatoms. The second kappa shape index (κ2) is 4.56. The summed E-state index contributed by atoms with van der Waals surface area (Å²) in [6.45, 7) is 5.56. The molecule has 0 radical (unpaired) electrons. The fourth-order valence-corrected chi connectivity index (χ4v) is 1.93. The number of aromatic nitrogens is 2. The Kier molecular flexibility index (Phi) is 3.21. The number of amides is 1. The Balaban J connectivity index is 2.22. The minimum atomic E-state index is -1.06. The highest BCUT2D eigenvalue weighted by Gasteiger charge is 2.37. The summed E-state index contributed by atoms with van der Waals surface area (Å²) < 4.78 is 6.84. The molecule has 0 aromatic carbocycles. The highest BCUT2D eigenvalue weighted by atomic mass is 16.6. The quantitative estimate of drug-likeness (QED) is 0.823. The monoisotopic (exact) mass is 267 g/mol. The Morgan fingerprint density at radius 2 is 2.16 bits per heavy atom. The van der Waals surface area contributed by atoms with Crippen LogP contribution >= 0.6 is 0 Å². The summed E-state index contributed by atoms with van der Waals surface area (Å²) >= 11 is 0. The summed E-state index contributed by atoms with van der Waals surface area (Å²) in [6.07, 6.45) is 0.972. The zero-order valence-electron chi connectivity index (χ0n) is 11.2. The summed E-state index contributed by atoms with van der Waals surface area (Å²) in [5.74, 6) is -1.06. The SMILES string of the molecule is CC(C)(C)OC(=O)N1Cc2ccnn2CC1C(=O)O. The van der Waals surface area contributed by atoms with Crippen molar-refractivity contribution in [1.82, 2.24) is 14.7 Å². The summed E-state index contributed by atoms with van der Waals surface area (Å²) in [7, 11) is 0. The first-order chi connectivity index (χ1) is 8.78. The van der Waals surface area contributed by atoms with E-state index in [9.17, 15) is 14.7 Å². The number of carbonyl (C=O) groups is 2. The highest BCUT2D eigenvalue weighted by molar-refractivity contribution is 5.80. The van der Waals surface area contributed by atoms with E-state index in [1.54, 1.807) is 37.7 Å². The number of hydrogen-bond donors (Lipinski definition) is 1. The largest absolute Gasteiger partial charge is 0.480 e. The van der Waals surface area contributed by atoms with Gasteiger partial charge >= 0.3 is 12.1 Å². The molecule has 19 heavy (non-hydrogen) atoms. The maximum Gasteiger partial charge on any atom is 0.411 e. The lowest BCUT2D eigenvalue weighted by molar-refractivity contribution is -0.144. The molecular formula is C12H17N3O4. The van der Waals surface area contributed by atoms with Crippen LogP contribution in [0.3, 0.4) is 0 Å². The molecular weight excluding hydrogens is 250 g/mol. The Morgan fingerprint density at radius 3 is 2.74 bits per heavy atom. The van der Waals surface area contributed by atoms with Crippen molar-refractivity contribution in [1.29, 1.82) is 0 Å². The summed E-state index contributed by atoms with van der Waals surface area (Å²) in [6, 6.07) is 0.803. The average molecular weight is 267 g/mol. The van der Waals surface area contributed by atoms with Gasteiger partial charge in [-0.3, -0.25) is 9.58 Å².